The summed E-state index contributed by atoms with van der Waals surface area (Å²) in [6.07, 6.45) is 5.84. The van der Waals surface area contributed by atoms with Gasteiger partial charge in [0.2, 0.25) is 5.88 Å². The molecule has 8 heteroatoms. The average molecular weight is 401 g/mol. The zero-order chi connectivity index (χ0) is 20.5. The van der Waals surface area contributed by atoms with Gasteiger partial charge >= 0.3 is 0 Å². The number of hydrogen-bond donors (Lipinski definition) is 0. The predicted octanol–water partition coefficient (Wildman–Crippen LogP) is 3.62. The van der Waals surface area contributed by atoms with Gasteiger partial charge in [0.1, 0.15) is 11.3 Å². The second-order valence-electron chi connectivity index (χ2n) is 6.86. The number of nitrogens with zero attached hydrogens (tertiary/aromatic N) is 5. The first-order chi connectivity index (χ1) is 14.7. The molecule has 0 aliphatic rings. The van der Waals surface area contributed by atoms with Crippen LogP contribution in [0.5, 0.6) is 11.6 Å². The Morgan fingerprint density at radius 2 is 1.93 bits per heavy atom. The van der Waals surface area contributed by atoms with E-state index in [1.165, 1.54) is 0 Å². The summed E-state index contributed by atoms with van der Waals surface area (Å²) in [5, 5.41) is 0. The summed E-state index contributed by atoms with van der Waals surface area (Å²) in [5.41, 5.74) is 5.07. The largest absolute Gasteiger partial charge is 0.494 e. The van der Waals surface area contributed by atoms with E-state index in [4.69, 9.17) is 13.9 Å². The van der Waals surface area contributed by atoms with Gasteiger partial charge in [0.25, 0.3) is 0 Å². The molecular formula is C22H19N5O3. The zero-order valence-corrected chi connectivity index (χ0v) is 16.6. The molecule has 1 aromatic carbocycles. The number of aromatic nitrogens is 5. The smallest absolute Gasteiger partial charge is 0.212 e. The SMILES string of the molecule is COc1ccc(Cc2nc3c(OC)cc(Cn4cnc5cccnc54)cc3o2)cn1. The molecule has 0 saturated carbocycles. The summed E-state index contributed by atoms with van der Waals surface area (Å²) in [5.74, 6) is 1.84. The number of pyridine rings is 2. The van der Waals surface area contributed by atoms with Gasteiger partial charge in [-0.3, -0.25) is 0 Å². The molecule has 0 radical (unpaired) electrons. The standard InChI is InChI=1S/C22H19N5O3/c1-28-17-8-15(12-27-13-25-16-4-3-7-23-22(16)27)9-18-21(17)26-20(30-18)10-14-5-6-19(29-2)24-11-14/h3-9,11,13H,10,12H2,1-2H3. The summed E-state index contributed by atoms with van der Waals surface area (Å²) >= 11 is 0. The van der Waals surface area contributed by atoms with Gasteiger partial charge in [0, 0.05) is 18.5 Å². The topological polar surface area (TPSA) is 88.1 Å². The summed E-state index contributed by atoms with van der Waals surface area (Å²) in [4.78, 5) is 17.7. The van der Waals surface area contributed by atoms with Crippen molar-refractivity contribution in [2.45, 2.75) is 13.0 Å². The minimum absolute atomic E-state index is 0.528. The van der Waals surface area contributed by atoms with Gasteiger partial charge < -0.3 is 18.5 Å². The lowest BCUT2D eigenvalue weighted by Gasteiger charge is -2.06. The quantitative estimate of drug-likeness (QED) is 0.429. The Hall–Kier alpha value is -3.94. The zero-order valence-electron chi connectivity index (χ0n) is 16.6. The fourth-order valence-corrected chi connectivity index (χ4v) is 3.44. The van der Waals surface area contributed by atoms with Crippen LogP contribution in [0.1, 0.15) is 17.0 Å². The van der Waals surface area contributed by atoms with Crippen LogP contribution in [-0.2, 0) is 13.0 Å². The minimum Gasteiger partial charge on any atom is -0.494 e. The van der Waals surface area contributed by atoms with Gasteiger partial charge in [0.15, 0.2) is 22.6 Å². The van der Waals surface area contributed by atoms with Crippen LogP contribution >= 0.6 is 0 Å². The van der Waals surface area contributed by atoms with Crippen molar-refractivity contribution in [3.8, 4) is 11.6 Å². The van der Waals surface area contributed by atoms with Crippen molar-refractivity contribution in [3.63, 3.8) is 0 Å². The molecule has 0 saturated heterocycles. The molecule has 0 amide bonds. The number of methoxy groups -OCH3 is 2. The summed E-state index contributed by atoms with van der Waals surface area (Å²) in [7, 11) is 3.23. The predicted molar refractivity (Wildman–Crippen MR) is 111 cm³/mol. The van der Waals surface area contributed by atoms with E-state index < -0.39 is 0 Å². The van der Waals surface area contributed by atoms with Gasteiger partial charge in [-0.25, -0.2) is 19.9 Å². The number of hydrogen-bond acceptors (Lipinski definition) is 7. The van der Waals surface area contributed by atoms with Crippen LogP contribution in [0.2, 0.25) is 0 Å². The molecule has 0 spiro atoms. The lowest BCUT2D eigenvalue weighted by atomic mass is 10.2. The second-order valence-corrected chi connectivity index (χ2v) is 6.86. The number of imidazole rings is 1. The lowest BCUT2D eigenvalue weighted by molar-refractivity contribution is 0.397. The molecule has 150 valence electrons. The normalized spacial score (nSPS) is 11.3. The van der Waals surface area contributed by atoms with E-state index in [2.05, 4.69) is 19.9 Å². The van der Waals surface area contributed by atoms with E-state index in [-0.39, 0.29) is 0 Å². The van der Waals surface area contributed by atoms with Crippen molar-refractivity contribution in [1.29, 1.82) is 0 Å². The van der Waals surface area contributed by atoms with E-state index in [0.717, 1.165) is 22.3 Å². The van der Waals surface area contributed by atoms with Crippen LogP contribution in [-0.4, -0.2) is 38.7 Å². The van der Waals surface area contributed by atoms with Gasteiger partial charge in [-0.2, -0.15) is 0 Å². The molecule has 0 aliphatic carbocycles. The fraction of sp³-hybridized carbons (Fsp3) is 0.182. The average Bonchev–Trinajstić information content (AvgIpc) is 3.37. The van der Waals surface area contributed by atoms with Crippen molar-refractivity contribution < 1.29 is 13.9 Å². The Morgan fingerprint density at radius 3 is 2.73 bits per heavy atom. The molecule has 4 aromatic heterocycles. The third-order valence-electron chi connectivity index (χ3n) is 4.87. The van der Waals surface area contributed by atoms with E-state index in [1.807, 2.05) is 41.0 Å². The van der Waals surface area contributed by atoms with E-state index >= 15 is 0 Å². The molecule has 8 nitrogen and oxygen atoms in total. The molecule has 30 heavy (non-hydrogen) atoms. The van der Waals surface area contributed by atoms with Crippen LogP contribution in [0.3, 0.4) is 0 Å². The summed E-state index contributed by atoms with van der Waals surface area (Å²) in [6.45, 7) is 0.595. The second kappa shape index (κ2) is 7.47. The maximum atomic E-state index is 6.03. The highest BCUT2D eigenvalue weighted by Gasteiger charge is 2.14. The van der Waals surface area contributed by atoms with Crippen molar-refractivity contribution >= 4 is 22.3 Å². The van der Waals surface area contributed by atoms with Crippen LogP contribution in [0, 0.1) is 0 Å². The van der Waals surface area contributed by atoms with Crippen molar-refractivity contribution in [3.05, 3.63) is 72.1 Å². The highest BCUT2D eigenvalue weighted by atomic mass is 16.5. The number of ether oxygens (including phenoxy) is 2. The first-order valence-electron chi connectivity index (χ1n) is 9.44. The van der Waals surface area contributed by atoms with Gasteiger partial charge in [-0.05, 0) is 35.4 Å². The van der Waals surface area contributed by atoms with Gasteiger partial charge in [-0.1, -0.05) is 6.07 Å². The van der Waals surface area contributed by atoms with Crippen molar-refractivity contribution in [2.75, 3.05) is 14.2 Å². The van der Waals surface area contributed by atoms with E-state index in [1.54, 1.807) is 32.9 Å². The van der Waals surface area contributed by atoms with E-state index in [9.17, 15) is 0 Å². The highest BCUT2D eigenvalue weighted by molar-refractivity contribution is 5.81. The maximum Gasteiger partial charge on any atom is 0.212 e. The maximum absolute atomic E-state index is 6.03. The number of oxazole rings is 1. The molecule has 5 aromatic rings. The molecule has 0 bridgehead atoms. The Kier molecular flexibility index (Phi) is 4.51. The Labute approximate surface area is 172 Å². The van der Waals surface area contributed by atoms with Crippen molar-refractivity contribution in [2.24, 2.45) is 0 Å². The summed E-state index contributed by atoms with van der Waals surface area (Å²) in [6, 6.07) is 11.5. The number of rotatable bonds is 6. The molecule has 0 unspecified atom stereocenters. The number of fused-ring (bicyclic) bond motifs is 2. The minimum atomic E-state index is 0.528. The third kappa shape index (κ3) is 3.32. The lowest BCUT2D eigenvalue weighted by Crippen LogP contribution is -1.99. The van der Waals surface area contributed by atoms with Crippen LogP contribution in [0.15, 0.2) is 59.5 Å². The monoisotopic (exact) mass is 401 g/mol. The van der Waals surface area contributed by atoms with Gasteiger partial charge in [-0.15, -0.1) is 0 Å². The first-order valence-corrected chi connectivity index (χ1v) is 9.44. The molecule has 4 heterocycles. The first kappa shape index (κ1) is 18.1. The van der Waals surface area contributed by atoms with Crippen LogP contribution < -0.4 is 9.47 Å². The van der Waals surface area contributed by atoms with Crippen LogP contribution in [0.25, 0.3) is 22.3 Å². The molecule has 0 fully saturated rings. The third-order valence-corrected chi connectivity index (χ3v) is 4.87. The molecule has 0 atom stereocenters. The molecule has 5 rings (SSSR count). The van der Waals surface area contributed by atoms with Crippen molar-refractivity contribution in [1.82, 2.24) is 24.5 Å². The summed E-state index contributed by atoms with van der Waals surface area (Å²) < 4.78 is 18.7. The Balaban J connectivity index is 1.47. The Morgan fingerprint density at radius 1 is 1.00 bits per heavy atom. The molecule has 0 N–H and O–H groups in total. The Bertz CT molecular complexity index is 1320. The molecular weight excluding hydrogens is 382 g/mol. The number of benzene rings is 1. The molecule has 0 aliphatic heterocycles. The fourth-order valence-electron chi connectivity index (χ4n) is 3.44. The van der Waals surface area contributed by atoms with Gasteiger partial charge in [0.05, 0.1) is 33.5 Å². The highest BCUT2D eigenvalue weighted by Crippen LogP contribution is 2.29. The van der Waals surface area contributed by atoms with E-state index in [0.29, 0.717) is 41.6 Å². The van der Waals surface area contributed by atoms with Crippen LogP contribution in [0.4, 0.5) is 0 Å².